The summed E-state index contributed by atoms with van der Waals surface area (Å²) in [6.07, 6.45) is 2.66. The highest BCUT2D eigenvalue weighted by molar-refractivity contribution is 7.19. The van der Waals surface area contributed by atoms with Crippen LogP contribution in [-0.2, 0) is 0 Å². The molecule has 6 nitrogen and oxygen atoms in total. The molecule has 1 aliphatic rings. The Kier molecular flexibility index (Phi) is 4.84. The summed E-state index contributed by atoms with van der Waals surface area (Å²) in [5.74, 6) is -0.660. The molecular weight excluding hydrogens is 288 g/mol. The van der Waals surface area contributed by atoms with Gasteiger partial charge in [-0.1, -0.05) is 6.92 Å². The molecule has 1 fully saturated rings. The predicted molar refractivity (Wildman–Crippen MR) is 86.0 cm³/mol. The zero-order valence-corrected chi connectivity index (χ0v) is 13.3. The second-order valence-corrected chi connectivity index (χ2v) is 6.37. The van der Waals surface area contributed by atoms with Gasteiger partial charge in [0.25, 0.3) is 5.91 Å². The second kappa shape index (κ2) is 6.44. The lowest BCUT2D eigenvalue weighted by Gasteiger charge is -2.20. The third kappa shape index (κ3) is 3.19. The van der Waals surface area contributed by atoms with Gasteiger partial charge in [-0.2, -0.15) is 0 Å². The molecule has 1 saturated heterocycles. The summed E-state index contributed by atoms with van der Waals surface area (Å²) in [7, 11) is 2.09. The molecule has 0 aliphatic carbocycles. The summed E-state index contributed by atoms with van der Waals surface area (Å²) < 4.78 is 0. The van der Waals surface area contributed by atoms with E-state index in [-0.39, 0.29) is 17.0 Å². The van der Waals surface area contributed by atoms with E-state index >= 15 is 0 Å². The maximum Gasteiger partial charge on any atom is 0.253 e. The van der Waals surface area contributed by atoms with E-state index < -0.39 is 5.91 Å². The van der Waals surface area contributed by atoms with Crippen LogP contribution in [0.1, 0.15) is 46.2 Å². The molecule has 1 atom stereocenters. The number of Topliss-reactive ketones (excluding diaryl/α,β-unsaturated/α-hetero) is 1. The number of thiophene rings is 1. The first-order chi connectivity index (χ1) is 9.95. The maximum atomic E-state index is 11.9. The van der Waals surface area contributed by atoms with Crippen molar-refractivity contribution in [3.05, 3.63) is 10.4 Å². The summed E-state index contributed by atoms with van der Waals surface area (Å²) in [6, 6.07) is 0.430. The van der Waals surface area contributed by atoms with Gasteiger partial charge in [-0.15, -0.1) is 11.3 Å². The van der Waals surface area contributed by atoms with E-state index in [1.165, 1.54) is 17.8 Å². The zero-order chi connectivity index (χ0) is 15.6. The minimum atomic E-state index is -0.596. The molecule has 1 aromatic heterocycles. The molecule has 0 aromatic carbocycles. The van der Waals surface area contributed by atoms with E-state index in [2.05, 4.69) is 17.3 Å². The predicted octanol–water partition coefficient (Wildman–Crippen LogP) is 1.53. The van der Waals surface area contributed by atoms with Crippen molar-refractivity contribution in [2.75, 3.05) is 31.2 Å². The van der Waals surface area contributed by atoms with Crippen LogP contribution in [0.15, 0.2) is 0 Å². The maximum absolute atomic E-state index is 11.9. The largest absolute Gasteiger partial charge is 0.397 e. The Hall–Kier alpha value is -1.60. The van der Waals surface area contributed by atoms with Gasteiger partial charge >= 0.3 is 0 Å². The lowest BCUT2D eigenvalue weighted by atomic mass is 10.1. The van der Waals surface area contributed by atoms with E-state index in [9.17, 15) is 9.59 Å². The van der Waals surface area contributed by atoms with Crippen LogP contribution in [0.2, 0.25) is 0 Å². The summed E-state index contributed by atoms with van der Waals surface area (Å²) in [5.41, 5.74) is 11.8. The van der Waals surface area contributed by atoms with Crippen molar-refractivity contribution in [1.29, 1.82) is 0 Å². The highest BCUT2D eigenvalue weighted by Crippen LogP contribution is 2.36. The number of ketones is 1. The molecule has 7 heteroatoms. The summed E-state index contributed by atoms with van der Waals surface area (Å²) in [4.78, 5) is 26.2. The molecular formula is C14H22N4O2S. The Morgan fingerprint density at radius 2 is 2.19 bits per heavy atom. The Morgan fingerprint density at radius 3 is 2.71 bits per heavy atom. The van der Waals surface area contributed by atoms with Gasteiger partial charge in [-0.05, 0) is 26.4 Å². The number of likely N-dealkylation sites (N-methyl/N-ethyl adjacent to an activating group) is 1. The summed E-state index contributed by atoms with van der Waals surface area (Å²) in [5, 5.41) is 3.86. The summed E-state index contributed by atoms with van der Waals surface area (Å²) >= 11 is 1.23. The Morgan fingerprint density at radius 1 is 1.48 bits per heavy atom. The van der Waals surface area contributed by atoms with Gasteiger partial charge in [0.2, 0.25) is 0 Å². The van der Waals surface area contributed by atoms with Crippen LogP contribution in [0.5, 0.6) is 0 Å². The monoisotopic (exact) mass is 310 g/mol. The third-order valence-electron chi connectivity index (χ3n) is 3.94. The average molecular weight is 310 g/mol. The number of nitrogens with two attached hydrogens (primary N) is 2. The number of anilines is 2. The van der Waals surface area contributed by atoms with Crippen LogP contribution in [0.25, 0.3) is 0 Å². The van der Waals surface area contributed by atoms with Crippen molar-refractivity contribution in [2.24, 2.45) is 5.73 Å². The van der Waals surface area contributed by atoms with Crippen LogP contribution in [0.3, 0.4) is 0 Å². The molecule has 2 rings (SSSR count). The van der Waals surface area contributed by atoms with Crippen LogP contribution < -0.4 is 16.8 Å². The summed E-state index contributed by atoms with van der Waals surface area (Å²) in [6.45, 7) is 3.57. The fourth-order valence-corrected chi connectivity index (χ4v) is 3.77. The molecule has 0 radical (unpaired) electrons. The third-order valence-corrected chi connectivity index (χ3v) is 5.14. The lowest BCUT2D eigenvalue weighted by Crippen LogP contribution is -2.31. The van der Waals surface area contributed by atoms with Gasteiger partial charge in [0.15, 0.2) is 5.78 Å². The first-order valence-electron chi connectivity index (χ1n) is 7.15. The molecule has 1 amide bonds. The first-order valence-corrected chi connectivity index (χ1v) is 7.96. The van der Waals surface area contributed by atoms with Gasteiger partial charge in [-0.3, -0.25) is 9.59 Å². The van der Waals surface area contributed by atoms with Crippen molar-refractivity contribution in [3.63, 3.8) is 0 Å². The zero-order valence-electron chi connectivity index (χ0n) is 12.4. The van der Waals surface area contributed by atoms with Gasteiger partial charge < -0.3 is 21.7 Å². The molecule has 5 N–H and O–H groups in total. The smallest absolute Gasteiger partial charge is 0.253 e. The number of hydrogen-bond donors (Lipinski definition) is 3. The Labute approximate surface area is 128 Å². The normalized spacial score (nSPS) is 18.9. The van der Waals surface area contributed by atoms with E-state index in [0.29, 0.717) is 22.3 Å². The average Bonchev–Trinajstić information content (AvgIpc) is 2.99. The molecule has 1 aliphatic heterocycles. The molecule has 1 aromatic rings. The fraction of sp³-hybridized carbons (Fsp3) is 0.571. The highest BCUT2D eigenvalue weighted by atomic mass is 32.1. The minimum Gasteiger partial charge on any atom is -0.397 e. The van der Waals surface area contributed by atoms with E-state index in [1.54, 1.807) is 6.92 Å². The molecule has 1 unspecified atom stereocenters. The number of nitrogens with one attached hydrogen (secondary N) is 1. The van der Waals surface area contributed by atoms with Crippen molar-refractivity contribution < 1.29 is 9.59 Å². The number of carbonyl (C=O) groups is 2. The van der Waals surface area contributed by atoms with Crippen LogP contribution in [0.4, 0.5) is 10.7 Å². The Bertz CT molecular complexity index is 555. The standard InChI is InChI=1S/C14H22N4O2S/c1-3-9(19)12-11(15)10(13(16)20)14(21-12)17-7-8-5-4-6-18(8)2/h8,17H,3-7,15H2,1-2H3,(H2,16,20). The van der Waals surface area contributed by atoms with Crippen LogP contribution in [-0.4, -0.2) is 42.8 Å². The van der Waals surface area contributed by atoms with Gasteiger partial charge in [-0.25, -0.2) is 0 Å². The van der Waals surface area contributed by atoms with Gasteiger partial charge in [0, 0.05) is 19.0 Å². The number of likely N-dealkylation sites (tertiary alicyclic amines) is 1. The molecule has 116 valence electrons. The van der Waals surface area contributed by atoms with Crippen molar-refractivity contribution in [3.8, 4) is 0 Å². The molecule has 0 bridgehead atoms. The van der Waals surface area contributed by atoms with Crippen molar-refractivity contribution >= 4 is 33.7 Å². The molecule has 21 heavy (non-hydrogen) atoms. The number of amides is 1. The number of primary amides is 1. The van der Waals surface area contributed by atoms with Crippen molar-refractivity contribution in [1.82, 2.24) is 4.90 Å². The number of hydrogen-bond acceptors (Lipinski definition) is 6. The topological polar surface area (TPSA) is 101 Å². The quantitative estimate of drug-likeness (QED) is 0.692. The number of nitrogens with zero attached hydrogens (tertiary/aromatic N) is 1. The number of carbonyl (C=O) groups excluding carboxylic acids is 2. The number of nitrogen functional groups attached to an aromatic ring is 1. The number of rotatable bonds is 6. The van der Waals surface area contributed by atoms with E-state index in [0.717, 1.165) is 19.5 Å². The van der Waals surface area contributed by atoms with Crippen molar-refractivity contribution in [2.45, 2.75) is 32.2 Å². The lowest BCUT2D eigenvalue weighted by molar-refractivity contribution is 0.0991. The molecule has 0 saturated carbocycles. The van der Waals surface area contributed by atoms with Crippen LogP contribution >= 0.6 is 11.3 Å². The molecule has 2 heterocycles. The second-order valence-electron chi connectivity index (χ2n) is 5.35. The van der Waals surface area contributed by atoms with Gasteiger partial charge in [0.05, 0.1) is 16.1 Å². The fourth-order valence-electron chi connectivity index (χ4n) is 2.63. The SMILES string of the molecule is CCC(=O)c1sc(NCC2CCCN2C)c(C(N)=O)c1N. The van der Waals surface area contributed by atoms with Gasteiger partial charge in [0.1, 0.15) is 5.00 Å². The molecule has 0 spiro atoms. The van der Waals surface area contributed by atoms with E-state index in [1.807, 2.05) is 0 Å². The Balaban J connectivity index is 2.21. The van der Waals surface area contributed by atoms with E-state index in [4.69, 9.17) is 11.5 Å². The first kappa shape index (κ1) is 15.8. The minimum absolute atomic E-state index is 0.0639. The highest BCUT2D eigenvalue weighted by Gasteiger charge is 2.25. The van der Waals surface area contributed by atoms with Crippen LogP contribution in [0, 0.1) is 0 Å².